The Labute approximate surface area is 65.7 Å². The molecule has 0 atom stereocenters. The van der Waals surface area contributed by atoms with Crippen LogP contribution < -0.4 is 0 Å². The quantitative estimate of drug-likeness (QED) is 0.414. The number of thiol groups is 2. The molecule has 0 aliphatic carbocycles. The van der Waals surface area contributed by atoms with E-state index in [0.717, 1.165) is 0 Å². The maximum absolute atomic E-state index is 10.2. The summed E-state index contributed by atoms with van der Waals surface area (Å²) in [7, 11) is 11.6. The lowest BCUT2D eigenvalue weighted by atomic mass is 16.0. The largest absolute Gasteiger partial charge is 0.243 e. The average molecular weight is 240 g/mol. The molecule has 0 aromatic rings. The predicted molar refractivity (Wildman–Crippen MR) is 42.5 cm³/mol. The lowest BCUT2D eigenvalue weighted by Crippen LogP contribution is -2.03. The molecule has 54 valence electrons. The molecule has 0 spiro atoms. The third kappa shape index (κ3) is 2.85. The van der Waals surface area contributed by atoms with Gasteiger partial charge >= 0.3 is 0 Å². The van der Waals surface area contributed by atoms with Crippen molar-refractivity contribution in [2.75, 3.05) is 0 Å². The normalized spacial score (nSPS) is 18.0. The zero-order valence-corrected chi connectivity index (χ0v) is 8.04. The molecule has 0 unspecified atom stereocenters. The van der Waals surface area contributed by atoms with Crippen LogP contribution in [0.25, 0.3) is 0 Å². The van der Waals surface area contributed by atoms with E-state index in [0.29, 0.717) is 0 Å². The molecule has 0 N–H and O–H groups in total. The number of hydrogen-bond acceptors (Lipinski definition) is 2. The molecule has 0 aliphatic rings. The molecule has 0 radical (unpaired) electrons. The standard InChI is InChI=1S/Cl4H2O2S2/c1-7(2,5)8(3,4)6/h7-8H. The van der Waals surface area contributed by atoms with E-state index >= 15 is 0 Å². The van der Waals surface area contributed by atoms with Gasteiger partial charge in [0, 0.05) is 0 Å². The second kappa shape index (κ2) is 2.60. The zero-order valence-electron chi connectivity index (χ0n) is 3.22. The minimum Gasteiger partial charge on any atom is -0.243 e. The Hall–Kier alpha value is 1.46. The van der Waals surface area contributed by atoms with Crippen LogP contribution in [-0.2, 0) is 14.8 Å². The fourth-order valence-electron chi connectivity index (χ4n) is 0. The molecule has 0 aliphatic heterocycles. The summed E-state index contributed by atoms with van der Waals surface area (Å²) in [6.07, 6.45) is 0. The molecule has 0 bridgehead atoms. The van der Waals surface area contributed by atoms with Gasteiger partial charge in [0.25, 0.3) is 0 Å². The highest BCUT2D eigenvalue weighted by atomic mass is 36.1. The molecular formula is H2Cl4O2S2. The highest BCUT2D eigenvalue weighted by Gasteiger charge is 2.21. The van der Waals surface area contributed by atoms with Crippen molar-refractivity contribution in [1.29, 1.82) is 0 Å². The van der Waals surface area contributed by atoms with Crippen molar-refractivity contribution >= 4 is 57.5 Å². The highest BCUT2D eigenvalue weighted by Crippen LogP contribution is 2.38. The van der Waals surface area contributed by atoms with Gasteiger partial charge in [-0.3, -0.25) is 0 Å². The first-order chi connectivity index (χ1) is 3.25. The topological polar surface area (TPSA) is 34.1 Å². The monoisotopic (exact) mass is 238 g/mol. The SMILES string of the molecule is O=[SH](Cl)(Cl)[SH](=O)(Cl)Cl. The fraction of sp³-hybridized carbons (Fsp3) is 0. The molecule has 0 aromatic carbocycles. The van der Waals surface area contributed by atoms with Gasteiger partial charge in [-0.2, -0.15) is 0 Å². The van der Waals surface area contributed by atoms with Crippen molar-refractivity contribution < 1.29 is 8.42 Å². The van der Waals surface area contributed by atoms with Crippen molar-refractivity contribution in [1.82, 2.24) is 0 Å². The Bertz CT molecular complexity index is 141. The second-order valence-electron chi connectivity index (χ2n) is 0.869. The van der Waals surface area contributed by atoms with Gasteiger partial charge in [0.1, 0.15) is 14.8 Å². The summed E-state index contributed by atoms with van der Waals surface area (Å²) in [6.45, 7) is 0. The summed E-state index contributed by atoms with van der Waals surface area (Å²) in [5.74, 6) is 0. The molecule has 0 saturated carbocycles. The number of hydrogen-bond donors (Lipinski definition) is 2. The van der Waals surface area contributed by atoms with E-state index in [-0.39, 0.29) is 0 Å². The number of rotatable bonds is 1. The van der Waals surface area contributed by atoms with Gasteiger partial charge in [-0.05, 0) is 42.7 Å². The first-order valence-electron chi connectivity index (χ1n) is 1.24. The van der Waals surface area contributed by atoms with E-state index in [4.69, 9.17) is 42.7 Å². The molecular weight excluding hydrogens is 238 g/mol. The van der Waals surface area contributed by atoms with Crippen LogP contribution in [-0.4, -0.2) is 8.42 Å². The van der Waals surface area contributed by atoms with Crippen molar-refractivity contribution in [2.24, 2.45) is 0 Å². The van der Waals surface area contributed by atoms with E-state index in [1.807, 2.05) is 0 Å². The molecule has 8 heavy (non-hydrogen) atoms. The van der Waals surface area contributed by atoms with Gasteiger partial charge in [-0.25, -0.2) is 8.42 Å². The predicted octanol–water partition coefficient (Wildman–Crippen LogP) is 1.55. The smallest absolute Gasteiger partial charge is 0.104 e. The minimum absolute atomic E-state index is 3.82. The van der Waals surface area contributed by atoms with Gasteiger partial charge < -0.3 is 0 Å². The van der Waals surface area contributed by atoms with Crippen molar-refractivity contribution in [3.63, 3.8) is 0 Å². The fourth-order valence-corrected chi connectivity index (χ4v) is 0. The van der Waals surface area contributed by atoms with Crippen LogP contribution in [0.4, 0.5) is 0 Å². The summed E-state index contributed by atoms with van der Waals surface area (Å²) in [4.78, 5) is 0. The minimum atomic E-state index is -3.82. The Morgan fingerprint density at radius 1 is 0.750 bits per heavy atom. The Morgan fingerprint density at radius 3 is 0.875 bits per heavy atom. The van der Waals surface area contributed by atoms with Crippen molar-refractivity contribution in [2.45, 2.75) is 0 Å². The summed E-state index contributed by atoms with van der Waals surface area (Å²) >= 11 is 0. The van der Waals surface area contributed by atoms with Gasteiger partial charge in [0.15, 0.2) is 0 Å². The average Bonchev–Trinajstić information content (AvgIpc) is 1.25. The molecule has 0 rings (SSSR count). The zero-order chi connectivity index (χ0) is 7.00. The highest BCUT2D eigenvalue weighted by molar-refractivity contribution is 9.05. The van der Waals surface area contributed by atoms with Crippen LogP contribution in [0.3, 0.4) is 0 Å². The van der Waals surface area contributed by atoms with Crippen molar-refractivity contribution in [3.8, 4) is 0 Å². The lowest BCUT2D eigenvalue weighted by Gasteiger charge is -2.11. The van der Waals surface area contributed by atoms with Gasteiger partial charge in [-0.1, -0.05) is 0 Å². The van der Waals surface area contributed by atoms with Crippen LogP contribution in [0.1, 0.15) is 0 Å². The molecule has 0 amide bonds. The second-order valence-corrected chi connectivity index (χ2v) is 15.6. The van der Waals surface area contributed by atoms with E-state index in [2.05, 4.69) is 0 Å². The first-order valence-corrected chi connectivity index (χ1v) is 8.98. The molecule has 0 fully saturated rings. The summed E-state index contributed by atoms with van der Waals surface area (Å²) < 4.78 is 20.5. The summed E-state index contributed by atoms with van der Waals surface area (Å²) in [5, 5.41) is 0. The van der Waals surface area contributed by atoms with E-state index in [1.54, 1.807) is 0 Å². The Morgan fingerprint density at radius 2 is 0.875 bits per heavy atom. The molecule has 0 aromatic heterocycles. The van der Waals surface area contributed by atoms with E-state index < -0.39 is 14.8 Å². The van der Waals surface area contributed by atoms with Gasteiger partial charge in [0.2, 0.25) is 0 Å². The van der Waals surface area contributed by atoms with Crippen LogP contribution in [0.2, 0.25) is 0 Å². The van der Waals surface area contributed by atoms with E-state index in [9.17, 15) is 8.42 Å². The van der Waals surface area contributed by atoms with Crippen LogP contribution in [0.5, 0.6) is 0 Å². The van der Waals surface area contributed by atoms with E-state index in [1.165, 1.54) is 0 Å². The first kappa shape index (κ1) is 9.46. The molecule has 2 nitrogen and oxygen atoms in total. The maximum atomic E-state index is 10.2. The number of halogens is 4. The van der Waals surface area contributed by atoms with Crippen LogP contribution in [0.15, 0.2) is 0 Å². The molecule has 8 heteroatoms. The summed E-state index contributed by atoms with van der Waals surface area (Å²) in [5.41, 5.74) is 0. The molecule has 0 saturated heterocycles. The third-order valence-corrected chi connectivity index (χ3v) is 12.9. The molecule has 0 heterocycles. The van der Waals surface area contributed by atoms with Crippen LogP contribution in [0, 0.1) is 0 Å². The van der Waals surface area contributed by atoms with Crippen molar-refractivity contribution in [3.05, 3.63) is 0 Å². The lowest BCUT2D eigenvalue weighted by molar-refractivity contribution is 0.682. The third-order valence-electron chi connectivity index (χ3n) is 0.271. The van der Waals surface area contributed by atoms with Gasteiger partial charge in [-0.15, -0.1) is 0 Å². The van der Waals surface area contributed by atoms with Gasteiger partial charge in [0.05, 0.1) is 0 Å². The Balaban J connectivity index is 4.53. The van der Waals surface area contributed by atoms with Crippen LogP contribution >= 0.6 is 42.7 Å². The summed E-state index contributed by atoms with van der Waals surface area (Å²) in [6, 6.07) is 0. The Kier molecular flexibility index (Phi) is 3.07. The maximum Gasteiger partial charge on any atom is 0.104 e.